The van der Waals surface area contributed by atoms with E-state index in [-0.39, 0.29) is 12.0 Å². The van der Waals surface area contributed by atoms with Crippen molar-refractivity contribution in [1.82, 2.24) is 4.90 Å². The van der Waals surface area contributed by atoms with E-state index in [1.807, 2.05) is 12.1 Å². The molecule has 5 heteroatoms. The van der Waals surface area contributed by atoms with Crippen molar-refractivity contribution >= 4 is 5.97 Å². The molecule has 1 atom stereocenters. The lowest BCUT2D eigenvalue weighted by Gasteiger charge is -2.38. The summed E-state index contributed by atoms with van der Waals surface area (Å²) < 4.78 is 10.9. The molecule has 0 saturated carbocycles. The first kappa shape index (κ1) is 20.2. The molecule has 0 bridgehead atoms. The summed E-state index contributed by atoms with van der Waals surface area (Å²) in [5, 5.41) is 9.35. The number of benzene rings is 2. The number of likely N-dealkylation sites (tertiary alicyclic amines) is 1. The largest absolute Gasteiger partial charge is 0.493 e. The van der Waals surface area contributed by atoms with Gasteiger partial charge in [-0.25, -0.2) is 0 Å². The number of rotatable bonds is 6. The van der Waals surface area contributed by atoms with Gasteiger partial charge in [0.25, 0.3) is 0 Å². The molecule has 1 aliphatic rings. The standard InChI is InChI=1S/C23H29NO4/c1-15-5-6-16(2)19(13-15)22(24-11-9-17(10-12-24)23(25)26)18-7-8-20(27-3)21(14-18)28-4/h5-8,13-14,17,22H,9-12H2,1-4H3,(H,25,26). The molecule has 0 aliphatic carbocycles. The first-order valence-corrected chi connectivity index (χ1v) is 9.70. The molecule has 28 heavy (non-hydrogen) atoms. The van der Waals surface area contributed by atoms with Crippen molar-refractivity contribution in [1.29, 1.82) is 0 Å². The lowest BCUT2D eigenvalue weighted by Crippen LogP contribution is -2.39. The molecule has 1 aliphatic heterocycles. The zero-order valence-electron chi connectivity index (χ0n) is 17.1. The van der Waals surface area contributed by atoms with E-state index >= 15 is 0 Å². The minimum atomic E-state index is -0.686. The van der Waals surface area contributed by atoms with Crippen LogP contribution in [0.25, 0.3) is 0 Å². The predicted molar refractivity (Wildman–Crippen MR) is 109 cm³/mol. The molecule has 1 N–H and O–H groups in total. The van der Waals surface area contributed by atoms with Crippen molar-refractivity contribution in [2.24, 2.45) is 5.92 Å². The summed E-state index contributed by atoms with van der Waals surface area (Å²) >= 11 is 0. The topological polar surface area (TPSA) is 59.0 Å². The van der Waals surface area contributed by atoms with Crippen LogP contribution in [-0.2, 0) is 4.79 Å². The highest BCUT2D eigenvalue weighted by atomic mass is 16.5. The van der Waals surface area contributed by atoms with Gasteiger partial charge < -0.3 is 14.6 Å². The van der Waals surface area contributed by atoms with E-state index in [1.54, 1.807) is 14.2 Å². The smallest absolute Gasteiger partial charge is 0.306 e. The van der Waals surface area contributed by atoms with Gasteiger partial charge in [0.1, 0.15) is 0 Å². The maximum Gasteiger partial charge on any atom is 0.306 e. The Balaban J connectivity index is 2.03. The van der Waals surface area contributed by atoms with Crippen LogP contribution in [0, 0.1) is 19.8 Å². The van der Waals surface area contributed by atoms with E-state index in [1.165, 1.54) is 16.7 Å². The Hall–Kier alpha value is -2.53. The first-order chi connectivity index (χ1) is 13.4. The van der Waals surface area contributed by atoms with Gasteiger partial charge in [-0.1, -0.05) is 29.8 Å². The van der Waals surface area contributed by atoms with Gasteiger partial charge in [-0.15, -0.1) is 0 Å². The van der Waals surface area contributed by atoms with Crippen LogP contribution in [0.2, 0.25) is 0 Å². The summed E-state index contributed by atoms with van der Waals surface area (Å²) in [5.41, 5.74) is 4.82. The number of aliphatic carboxylic acids is 1. The molecule has 0 aromatic heterocycles. The lowest BCUT2D eigenvalue weighted by molar-refractivity contribution is -0.143. The molecule has 150 valence electrons. The van der Waals surface area contributed by atoms with Gasteiger partial charge in [0.05, 0.1) is 26.2 Å². The Labute approximate surface area is 166 Å². The van der Waals surface area contributed by atoms with Crippen LogP contribution >= 0.6 is 0 Å². The zero-order valence-corrected chi connectivity index (χ0v) is 17.1. The van der Waals surface area contributed by atoms with Crippen LogP contribution in [-0.4, -0.2) is 43.3 Å². The van der Waals surface area contributed by atoms with Crippen LogP contribution in [0.15, 0.2) is 36.4 Å². The van der Waals surface area contributed by atoms with Crippen molar-refractivity contribution < 1.29 is 19.4 Å². The number of ether oxygens (including phenoxy) is 2. The van der Waals surface area contributed by atoms with Crippen LogP contribution in [0.5, 0.6) is 11.5 Å². The number of hydrogen-bond donors (Lipinski definition) is 1. The zero-order chi connectivity index (χ0) is 20.3. The molecule has 0 spiro atoms. The third kappa shape index (κ3) is 4.14. The molecule has 2 aromatic rings. The fraction of sp³-hybridized carbons (Fsp3) is 0.435. The second-order valence-electron chi connectivity index (χ2n) is 7.53. The van der Waals surface area contributed by atoms with E-state index in [9.17, 15) is 9.90 Å². The number of carboxylic acids is 1. The Kier molecular flexibility index (Phi) is 6.25. The van der Waals surface area contributed by atoms with E-state index in [4.69, 9.17) is 9.47 Å². The molecule has 1 unspecified atom stereocenters. The molecule has 5 nitrogen and oxygen atoms in total. The quantitative estimate of drug-likeness (QED) is 0.810. The number of piperidine rings is 1. The number of carboxylic acid groups (broad SMARTS) is 1. The third-order valence-electron chi connectivity index (χ3n) is 5.70. The fourth-order valence-electron chi connectivity index (χ4n) is 4.07. The van der Waals surface area contributed by atoms with Gasteiger partial charge in [-0.3, -0.25) is 9.69 Å². The van der Waals surface area contributed by atoms with Crippen molar-refractivity contribution in [3.8, 4) is 11.5 Å². The predicted octanol–water partition coefficient (Wildman–Crippen LogP) is 4.21. The molecule has 1 heterocycles. The molecule has 1 fully saturated rings. The summed E-state index contributed by atoms with van der Waals surface area (Å²) in [4.78, 5) is 13.8. The van der Waals surface area contributed by atoms with E-state index in [0.29, 0.717) is 24.3 Å². The Morgan fingerprint density at radius 1 is 1.04 bits per heavy atom. The third-order valence-corrected chi connectivity index (χ3v) is 5.70. The average molecular weight is 383 g/mol. The molecular weight excluding hydrogens is 354 g/mol. The minimum absolute atomic E-state index is 0.0504. The summed E-state index contributed by atoms with van der Waals surface area (Å²) in [7, 11) is 3.28. The van der Waals surface area contributed by atoms with E-state index < -0.39 is 5.97 Å². The van der Waals surface area contributed by atoms with Gasteiger partial charge in [0.2, 0.25) is 0 Å². The number of methoxy groups -OCH3 is 2. The maximum absolute atomic E-state index is 11.4. The Bertz CT molecular complexity index is 840. The number of aryl methyl sites for hydroxylation is 2. The van der Waals surface area contributed by atoms with Gasteiger partial charge in [-0.2, -0.15) is 0 Å². The summed E-state index contributed by atoms with van der Waals surface area (Å²) in [5.74, 6) is 0.473. The van der Waals surface area contributed by atoms with Gasteiger partial charge >= 0.3 is 5.97 Å². The number of nitrogens with zero attached hydrogens (tertiary/aromatic N) is 1. The van der Waals surface area contributed by atoms with E-state index in [0.717, 1.165) is 18.7 Å². The van der Waals surface area contributed by atoms with Crippen LogP contribution in [0.4, 0.5) is 0 Å². The molecule has 2 aromatic carbocycles. The Morgan fingerprint density at radius 3 is 2.32 bits per heavy atom. The van der Waals surface area contributed by atoms with Crippen LogP contribution < -0.4 is 9.47 Å². The first-order valence-electron chi connectivity index (χ1n) is 9.70. The molecule has 0 amide bonds. The highest BCUT2D eigenvalue weighted by molar-refractivity contribution is 5.70. The summed E-state index contributed by atoms with van der Waals surface area (Å²) in [6.07, 6.45) is 1.34. The second kappa shape index (κ2) is 8.65. The molecular formula is C23H29NO4. The summed E-state index contributed by atoms with van der Waals surface area (Å²) in [6, 6.07) is 12.6. The average Bonchev–Trinajstić information content (AvgIpc) is 2.71. The van der Waals surface area contributed by atoms with Crippen LogP contribution in [0.1, 0.15) is 41.1 Å². The van der Waals surface area contributed by atoms with Crippen molar-refractivity contribution in [3.63, 3.8) is 0 Å². The lowest BCUT2D eigenvalue weighted by atomic mass is 9.89. The minimum Gasteiger partial charge on any atom is -0.493 e. The van der Waals surface area contributed by atoms with Gasteiger partial charge in [-0.05, 0) is 68.6 Å². The SMILES string of the molecule is COc1ccc(C(c2cc(C)ccc2C)N2CCC(C(=O)O)CC2)cc1OC. The normalized spacial score (nSPS) is 16.6. The second-order valence-corrected chi connectivity index (χ2v) is 7.53. The monoisotopic (exact) mass is 383 g/mol. The molecule has 1 saturated heterocycles. The van der Waals surface area contributed by atoms with Crippen molar-refractivity contribution in [2.75, 3.05) is 27.3 Å². The van der Waals surface area contributed by atoms with Gasteiger partial charge in [0.15, 0.2) is 11.5 Å². The summed E-state index contributed by atoms with van der Waals surface area (Å²) in [6.45, 7) is 5.74. The van der Waals surface area contributed by atoms with E-state index in [2.05, 4.69) is 43.0 Å². The molecule has 0 radical (unpaired) electrons. The van der Waals surface area contributed by atoms with Crippen molar-refractivity contribution in [2.45, 2.75) is 32.7 Å². The number of carbonyl (C=O) groups is 1. The van der Waals surface area contributed by atoms with Gasteiger partial charge in [0, 0.05) is 0 Å². The maximum atomic E-state index is 11.4. The molecule has 3 rings (SSSR count). The Morgan fingerprint density at radius 2 is 1.71 bits per heavy atom. The fourth-order valence-corrected chi connectivity index (χ4v) is 4.07. The highest BCUT2D eigenvalue weighted by Crippen LogP contribution is 2.38. The highest BCUT2D eigenvalue weighted by Gasteiger charge is 2.31. The van der Waals surface area contributed by atoms with Crippen molar-refractivity contribution in [3.05, 3.63) is 58.7 Å². The number of hydrogen-bond acceptors (Lipinski definition) is 4. The van der Waals surface area contributed by atoms with Crippen LogP contribution in [0.3, 0.4) is 0 Å².